The lowest BCUT2D eigenvalue weighted by molar-refractivity contribution is 0.252. The number of urea groups is 1. The summed E-state index contributed by atoms with van der Waals surface area (Å²) >= 11 is 5.80. The second-order valence-electron chi connectivity index (χ2n) is 2.47. The number of rotatable bonds is 5. The lowest BCUT2D eigenvalue weighted by Crippen LogP contribution is -2.29. The van der Waals surface area contributed by atoms with E-state index in [1.165, 1.54) is 6.20 Å². The third kappa shape index (κ3) is 4.24. The fraction of sp³-hybridized carbons (Fsp3) is 0.429. The first kappa shape index (κ1) is 11.0. The molecule has 0 fully saturated rings. The number of hydrogen-bond acceptors (Lipinski definition) is 5. The van der Waals surface area contributed by atoms with Crippen LogP contribution in [0, 0.1) is 0 Å². The minimum absolute atomic E-state index is 0.236. The van der Waals surface area contributed by atoms with Crippen LogP contribution in [0.15, 0.2) is 6.20 Å². The summed E-state index contributed by atoms with van der Waals surface area (Å²) in [5.41, 5.74) is 0. The minimum Gasteiger partial charge on any atom is -0.338 e. The number of carbonyl (C=O) groups excluding carboxylic acids is 1. The molecular weight excluding hydrogens is 220 g/mol. The molecular formula is C7H10N4OS2. The van der Waals surface area contributed by atoms with Gasteiger partial charge in [-0.2, -0.15) is 0 Å². The molecule has 0 aromatic carbocycles. The third-order valence-corrected chi connectivity index (χ3v) is 2.20. The van der Waals surface area contributed by atoms with E-state index in [2.05, 4.69) is 32.4 Å². The fourth-order valence-electron chi connectivity index (χ4n) is 0.766. The van der Waals surface area contributed by atoms with E-state index in [9.17, 15) is 4.79 Å². The summed E-state index contributed by atoms with van der Waals surface area (Å²) in [6, 6.07) is -0.236. The molecule has 0 aliphatic heterocycles. The smallest absolute Gasteiger partial charge is 0.319 e. The molecule has 1 heterocycles. The second kappa shape index (κ2) is 6.39. The summed E-state index contributed by atoms with van der Waals surface area (Å²) in [5.74, 6) is 0. The van der Waals surface area contributed by atoms with Crippen LogP contribution in [0.25, 0.3) is 0 Å². The molecule has 1 rings (SSSR count). The molecule has 0 spiro atoms. The first-order chi connectivity index (χ1) is 6.83. The first-order valence-corrected chi connectivity index (χ1v) is 5.33. The van der Waals surface area contributed by atoms with Gasteiger partial charge in [-0.1, -0.05) is 16.7 Å². The van der Waals surface area contributed by atoms with Gasteiger partial charge in [-0.05, 0) is 18.2 Å². The van der Waals surface area contributed by atoms with Crippen molar-refractivity contribution >= 4 is 40.2 Å². The lowest BCUT2D eigenvalue weighted by Gasteiger charge is -2.03. The fourth-order valence-corrected chi connectivity index (χ4v) is 1.35. The van der Waals surface area contributed by atoms with E-state index in [0.29, 0.717) is 11.5 Å². The van der Waals surface area contributed by atoms with Gasteiger partial charge in [0.15, 0.2) is 0 Å². The number of thiocarbonyl (C=S) groups is 1. The van der Waals surface area contributed by atoms with Gasteiger partial charge in [0.2, 0.25) is 0 Å². The number of carbonyl (C=O) groups is 1. The molecule has 0 saturated carbocycles. The molecule has 2 amide bonds. The van der Waals surface area contributed by atoms with Crippen LogP contribution in [0.1, 0.15) is 12.8 Å². The van der Waals surface area contributed by atoms with Crippen molar-refractivity contribution in [2.75, 3.05) is 11.9 Å². The molecule has 14 heavy (non-hydrogen) atoms. The molecule has 1 aromatic heterocycles. The zero-order valence-electron chi connectivity index (χ0n) is 7.40. The van der Waals surface area contributed by atoms with Gasteiger partial charge >= 0.3 is 6.03 Å². The Balaban J connectivity index is 2.13. The molecule has 0 unspecified atom stereocenters. The van der Waals surface area contributed by atoms with Crippen molar-refractivity contribution in [2.24, 2.45) is 0 Å². The summed E-state index contributed by atoms with van der Waals surface area (Å²) in [6.07, 6.45) is 3.19. The van der Waals surface area contributed by atoms with Gasteiger partial charge in [0.05, 0.1) is 6.20 Å². The Bertz CT molecular complexity index is 288. The maximum Gasteiger partial charge on any atom is 0.319 e. The van der Waals surface area contributed by atoms with Crippen LogP contribution in [-0.2, 0) is 0 Å². The van der Waals surface area contributed by atoms with E-state index in [1.807, 2.05) is 0 Å². The van der Waals surface area contributed by atoms with Crippen LogP contribution in [0.5, 0.6) is 0 Å². The standard InChI is InChI=1S/C7H10N4OS2/c12-7(8-3-1-2-4-13)10-6-5-9-11-14-6/h4-5H,1-3H2,(H2,8,10,12). The zero-order valence-corrected chi connectivity index (χ0v) is 9.03. The van der Waals surface area contributed by atoms with E-state index in [4.69, 9.17) is 0 Å². The van der Waals surface area contributed by atoms with Gasteiger partial charge in [0.25, 0.3) is 0 Å². The van der Waals surface area contributed by atoms with E-state index < -0.39 is 0 Å². The maximum atomic E-state index is 11.2. The van der Waals surface area contributed by atoms with Crippen LogP contribution in [0.3, 0.4) is 0 Å². The molecule has 76 valence electrons. The number of anilines is 1. The predicted molar refractivity (Wildman–Crippen MR) is 59.8 cm³/mol. The predicted octanol–water partition coefficient (Wildman–Crippen LogP) is 1.44. The third-order valence-electron chi connectivity index (χ3n) is 1.38. The van der Waals surface area contributed by atoms with Gasteiger partial charge in [0, 0.05) is 18.1 Å². The topological polar surface area (TPSA) is 66.9 Å². The highest BCUT2D eigenvalue weighted by Crippen LogP contribution is 2.07. The van der Waals surface area contributed by atoms with Crippen LogP contribution in [0.2, 0.25) is 0 Å². The Kier molecular flexibility index (Phi) is 5.02. The molecule has 1 aromatic rings. The van der Waals surface area contributed by atoms with Gasteiger partial charge < -0.3 is 5.32 Å². The van der Waals surface area contributed by atoms with Crippen molar-refractivity contribution in [1.82, 2.24) is 14.9 Å². The van der Waals surface area contributed by atoms with Crippen molar-refractivity contribution in [2.45, 2.75) is 12.8 Å². The molecule has 2 N–H and O–H groups in total. The van der Waals surface area contributed by atoms with Crippen LogP contribution >= 0.6 is 23.8 Å². The van der Waals surface area contributed by atoms with Gasteiger partial charge in [-0.3, -0.25) is 5.32 Å². The molecule has 0 atom stereocenters. The summed E-state index contributed by atoms with van der Waals surface area (Å²) in [6.45, 7) is 0.616. The highest BCUT2D eigenvalue weighted by atomic mass is 32.1. The summed E-state index contributed by atoms with van der Waals surface area (Å²) < 4.78 is 3.62. The Morgan fingerprint density at radius 1 is 1.71 bits per heavy atom. The quantitative estimate of drug-likeness (QED) is 0.593. The number of amides is 2. The summed E-state index contributed by atoms with van der Waals surface area (Å²) in [7, 11) is 0. The van der Waals surface area contributed by atoms with E-state index >= 15 is 0 Å². The Morgan fingerprint density at radius 2 is 2.57 bits per heavy atom. The Labute approximate surface area is 91.1 Å². The second-order valence-corrected chi connectivity index (χ2v) is 3.59. The van der Waals surface area contributed by atoms with Crippen LogP contribution in [-0.4, -0.2) is 27.5 Å². The molecule has 0 bridgehead atoms. The molecule has 0 aliphatic carbocycles. The number of aromatic nitrogens is 2. The number of nitrogens with zero attached hydrogens (tertiary/aromatic N) is 2. The molecule has 0 aliphatic rings. The van der Waals surface area contributed by atoms with E-state index in [1.54, 1.807) is 5.37 Å². The normalized spacial score (nSPS) is 9.43. The van der Waals surface area contributed by atoms with Gasteiger partial charge in [0.1, 0.15) is 5.00 Å². The number of unbranched alkanes of at least 4 members (excludes halogenated alkanes) is 1. The first-order valence-electron chi connectivity index (χ1n) is 4.09. The van der Waals surface area contributed by atoms with E-state index in [-0.39, 0.29) is 6.03 Å². The largest absolute Gasteiger partial charge is 0.338 e. The monoisotopic (exact) mass is 230 g/mol. The van der Waals surface area contributed by atoms with Crippen molar-refractivity contribution in [3.05, 3.63) is 6.20 Å². The van der Waals surface area contributed by atoms with E-state index in [0.717, 1.165) is 24.4 Å². The summed E-state index contributed by atoms with van der Waals surface area (Å²) in [4.78, 5) is 11.2. The Hall–Kier alpha value is -1.08. The minimum atomic E-state index is -0.236. The van der Waals surface area contributed by atoms with Crippen molar-refractivity contribution in [1.29, 1.82) is 0 Å². The highest BCUT2D eigenvalue weighted by molar-refractivity contribution is 7.78. The zero-order chi connectivity index (χ0) is 10.2. The van der Waals surface area contributed by atoms with Crippen LogP contribution in [0.4, 0.5) is 9.80 Å². The number of hydrogen-bond donors (Lipinski definition) is 2. The SMILES string of the molecule is O=C(NCCCC=S)Nc1cnns1. The number of nitrogens with one attached hydrogen (secondary N) is 2. The van der Waals surface area contributed by atoms with Crippen molar-refractivity contribution in [3.8, 4) is 0 Å². The molecule has 0 saturated heterocycles. The van der Waals surface area contributed by atoms with Crippen molar-refractivity contribution in [3.63, 3.8) is 0 Å². The molecule has 7 heteroatoms. The average Bonchev–Trinajstić information content (AvgIpc) is 2.65. The van der Waals surface area contributed by atoms with Crippen molar-refractivity contribution < 1.29 is 4.79 Å². The molecule has 5 nitrogen and oxygen atoms in total. The lowest BCUT2D eigenvalue weighted by atomic mass is 10.3. The summed E-state index contributed by atoms with van der Waals surface area (Å²) in [5, 5.41) is 11.2. The molecule has 0 radical (unpaired) electrons. The van der Waals surface area contributed by atoms with Gasteiger partial charge in [-0.25, -0.2) is 4.79 Å². The maximum absolute atomic E-state index is 11.2. The highest BCUT2D eigenvalue weighted by Gasteiger charge is 2.01. The Morgan fingerprint density at radius 3 is 3.21 bits per heavy atom. The van der Waals surface area contributed by atoms with Gasteiger partial charge in [-0.15, -0.1) is 5.10 Å². The average molecular weight is 230 g/mol. The van der Waals surface area contributed by atoms with Crippen LogP contribution < -0.4 is 10.6 Å².